The van der Waals surface area contributed by atoms with Crippen molar-refractivity contribution in [2.45, 2.75) is 18.9 Å². The second-order valence-electron chi connectivity index (χ2n) is 6.60. The zero-order valence-corrected chi connectivity index (χ0v) is 15.3. The summed E-state index contributed by atoms with van der Waals surface area (Å²) in [6, 6.07) is 2.21. The van der Waals surface area contributed by atoms with Gasteiger partial charge in [0.1, 0.15) is 11.6 Å². The van der Waals surface area contributed by atoms with Gasteiger partial charge in [0.2, 0.25) is 0 Å². The van der Waals surface area contributed by atoms with Gasteiger partial charge in [0, 0.05) is 45.5 Å². The minimum atomic E-state index is -0.345. The van der Waals surface area contributed by atoms with E-state index in [4.69, 9.17) is 4.74 Å². The van der Waals surface area contributed by atoms with Crippen LogP contribution in [-0.2, 0) is 9.53 Å². The number of amides is 2. The van der Waals surface area contributed by atoms with Gasteiger partial charge in [-0.15, -0.1) is 0 Å². The molecule has 0 bridgehead atoms. The fourth-order valence-electron chi connectivity index (χ4n) is 3.22. The molecule has 8 heteroatoms. The number of ether oxygens (including phenoxy) is 1. The number of carbonyl (C=O) groups excluding carboxylic acids is 2. The topological polar surface area (TPSA) is 80.1 Å². The number of methoxy groups -OCH3 is 1. The normalized spacial score (nSPS) is 20.2. The molecular formula is C17H27N5O3. The minimum Gasteiger partial charge on any atom is -0.453 e. The van der Waals surface area contributed by atoms with Gasteiger partial charge in [-0.05, 0) is 33.0 Å². The van der Waals surface area contributed by atoms with Crippen molar-refractivity contribution in [3.63, 3.8) is 0 Å². The molecule has 0 atom stereocenters. The lowest BCUT2D eigenvalue weighted by molar-refractivity contribution is -0.128. The number of likely N-dealkylation sites (N-methyl/N-ethyl adjacent to an activating group) is 1. The Morgan fingerprint density at radius 3 is 2.28 bits per heavy atom. The van der Waals surface area contributed by atoms with Crippen molar-refractivity contribution in [3.8, 4) is 6.07 Å². The fraction of sp³-hybridized carbons (Fsp3) is 0.706. The molecule has 0 saturated carbocycles. The van der Waals surface area contributed by atoms with Gasteiger partial charge in [-0.3, -0.25) is 4.79 Å². The van der Waals surface area contributed by atoms with E-state index in [9.17, 15) is 14.9 Å². The van der Waals surface area contributed by atoms with E-state index in [1.54, 1.807) is 23.0 Å². The van der Waals surface area contributed by atoms with Gasteiger partial charge < -0.3 is 24.3 Å². The molecule has 0 aromatic carbocycles. The number of nitrogens with zero attached hydrogens (tertiary/aromatic N) is 5. The van der Waals surface area contributed by atoms with Crippen LogP contribution >= 0.6 is 0 Å². The molecule has 2 saturated heterocycles. The van der Waals surface area contributed by atoms with E-state index in [1.165, 1.54) is 7.11 Å². The first-order chi connectivity index (χ1) is 12.0. The lowest BCUT2D eigenvalue weighted by atomic mass is 10.0. The Morgan fingerprint density at radius 1 is 1.16 bits per heavy atom. The van der Waals surface area contributed by atoms with Crippen LogP contribution in [0.4, 0.5) is 4.79 Å². The highest BCUT2D eigenvalue weighted by molar-refractivity contribution is 5.97. The summed E-state index contributed by atoms with van der Waals surface area (Å²) in [5, 5.41) is 9.41. The number of rotatable bonds is 3. The molecule has 25 heavy (non-hydrogen) atoms. The summed E-state index contributed by atoms with van der Waals surface area (Å²) < 4.78 is 4.71. The van der Waals surface area contributed by atoms with Crippen molar-refractivity contribution < 1.29 is 14.3 Å². The highest BCUT2D eigenvalue weighted by atomic mass is 16.5. The third-order valence-electron chi connectivity index (χ3n) is 4.97. The van der Waals surface area contributed by atoms with Crippen LogP contribution in [0, 0.1) is 11.3 Å². The molecule has 0 aliphatic carbocycles. The van der Waals surface area contributed by atoms with Crippen LogP contribution in [0.3, 0.4) is 0 Å². The van der Waals surface area contributed by atoms with Gasteiger partial charge in [0.15, 0.2) is 0 Å². The van der Waals surface area contributed by atoms with Gasteiger partial charge in [0.05, 0.1) is 7.11 Å². The molecule has 2 rings (SSSR count). The third-order valence-corrected chi connectivity index (χ3v) is 4.97. The number of nitriles is 1. The van der Waals surface area contributed by atoms with E-state index in [1.807, 2.05) is 11.0 Å². The number of piperazine rings is 1. The van der Waals surface area contributed by atoms with E-state index < -0.39 is 0 Å². The number of piperidine rings is 1. The lowest BCUT2D eigenvalue weighted by Crippen LogP contribution is -2.47. The Morgan fingerprint density at radius 2 is 1.76 bits per heavy atom. The molecular weight excluding hydrogens is 322 g/mol. The monoisotopic (exact) mass is 349 g/mol. The highest BCUT2D eigenvalue weighted by Gasteiger charge is 2.27. The molecule has 2 amide bonds. The molecule has 0 N–H and O–H groups in total. The lowest BCUT2D eigenvalue weighted by Gasteiger charge is -2.35. The molecule has 2 aliphatic rings. The van der Waals surface area contributed by atoms with Crippen molar-refractivity contribution in [3.05, 3.63) is 11.8 Å². The molecule has 138 valence electrons. The average molecular weight is 349 g/mol. The van der Waals surface area contributed by atoms with Crippen molar-refractivity contribution in [1.82, 2.24) is 19.6 Å². The summed E-state index contributed by atoms with van der Waals surface area (Å²) >= 11 is 0. The number of carbonyl (C=O) groups is 2. The van der Waals surface area contributed by atoms with Crippen LogP contribution in [0.25, 0.3) is 0 Å². The van der Waals surface area contributed by atoms with Crippen LogP contribution < -0.4 is 0 Å². The Balaban J connectivity index is 1.94. The van der Waals surface area contributed by atoms with Crippen LogP contribution in [0.2, 0.25) is 0 Å². The summed E-state index contributed by atoms with van der Waals surface area (Å²) in [5.41, 5.74) is 0.146. The van der Waals surface area contributed by atoms with Crippen LogP contribution in [-0.4, -0.2) is 98.1 Å². The van der Waals surface area contributed by atoms with E-state index >= 15 is 0 Å². The van der Waals surface area contributed by atoms with E-state index in [-0.39, 0.29) is 23.6 Å². The van der Waals surface area contributed by atoms with Crippen LogP contribution in [0.1, 0.15) is 12.8 Å². The average Bonchev–Trinajstić information content (AvgIpc) is 2.65. The largest absolute Gasteiger partial charge is 0.453 e. The molecule has 2 fully saturated rings. The second kappa shape index (κ2) is 8.72. The number of hydrogen-bond donors (Lipinski definition) is 0. The molecule has 0 aromatic rings. The summed E-state index contributed by atoms with van der Waals surface area (Å²) in [5.74, 6) is -0.229. The predicted octanol–water partition coefficient (Wildman–Crippen LogP) is 0.330. The summed E-state index contributed by atoms with van der Waals surface area (Å²) in [6.07, 6.45) is 3.13. The Kier molecular flexibility index (Phi) is 6.65. The van der Waals surface area contributed by atoms with E-state index in [2.05, 4.69) is 11.9 Å². The van der Waals surface area contributed by atoms with Gasteiger partial charge in [-0.2, -0.15) is 5.26 Å². The maximum atomic E-state index is 12.7. The Bertz CT molecular complexity index is 555. The molecule has 2 aliphatic heterocycles. The Labute approximate surface area is 149 Å². The van der Waals surface area contributed by atoms with Crippen molar-refractivity contribution in [2.75, 3.05) is 60.5 Å². The van der Waals surface area contributed by atoms with Gasteiger partial charge in [-0.25, -0.2) is 4.79 Å². The summed E-state index contributed by atoms with van der Waals surface area (Å²) in [4.78, 5) is 31.6. The molecule has 0 unspecified atom stereocenters. The molecule has 0 radical (unpaired) electrons. The zero-order chi connectivity index (χ0) is 18.4. The quantitative estimate of drug-likeness (QED) is 0.540. The SMILES string of the molecule is COC(=O)N1CCN(/C=C(/C#N)C(=O)N(C)C2CCN(C)CC2)CC1. The number of hydrogen-bond acceptors (Lipinski definition) is 6. The molecule has 0 aromatic heterocycles. The molecule has 2 heterocycles. The van der Waals surface area contributed by atoms with Crippen molar-refractivity contribution >= 4 is 12.0 Å². The number of likely N-dealkylation sites (tertiary alicyclic amines) is 1. The van der Waals surface area contributed by atoms with Crippen LogP contribution in [0.5, 0.6) is 0 Å². The molecule has 8 nitrogen and oxygen atoms in total. The summed E-state index contributed by atoms with van der Waals surface area (Å²) in [7, 11) is 5.21. The highest BCUT2D eigenvalue weighted by Crippen LogP contribution is 2.16. The third kappa shape index (κ3) is 4.86. The second-order valence-corrected chi connectivity index (χ2v) is 6.60. The minimum absolute atomic E-state index is 0.146. The standard InChI is InChI=1S/C17H27N5O3/c1-19-6-4-15(5-7-19)20(2)16(23)14(12-18)13-21-8-10-22(11-9-21)17(24)25-3/h13,15H,4-11H2,1-3H3/b14-13-. The smallest absolute Gasteiger partial charge is 0.409 e. The van der Waals surface area contributed by atoms with Gasteiger partial charge >= 0.3 is 6.09 Å². The fourth-order valence-corrected chi connectivity index (χ4v) is 3.22. The first-order valence-electron chi connectivity index (χ1n) is 8.60. The van der Waals surface area contributed by atoms with Crippen molar-refractivity contribution in [1.29, 1.82) is 5.26 Å². The van der Waals surface area contributed by atoms with E-state index in [0.717, 1.165) is 25.9 Å². The van der Waals surface area contributed by atoms with E-state index in [0.29, 0.717) is 26.2 Å². The first kappa shape index (κ1) is 19.1. The maximum Gasteiger partial charge on any atom is 0.409 e. The Hall–Kier alpha value is -2.27. The predicted molar refractivity (Wildman–Crippen MR) is 92.5 cm³/mol. The summed E-state index contributed by atoms with van der Waals surface area (Å²) in [6.45, 7) is 4.10. The van der Waals surface area contributed by atoms with Crippen LogP contribution in [0.15, 0.2) is 11.8 Å². The first-order valence-corrected chi connectivity index (χ1v) is 8.60. The van der Waals surface area contributed by atoms with Gasteiger partial charge in [0.25, 0.3) is 5.91 Å². The van der Waals surface area contributed by atoms with Gasteiger partial charge in [-0.1, -0.05) is 0 Å². The van der Waals surface area contributed by atoms with Crippen molar-refractivity contribution in [2.24, 2.45) is 0 Å². The zero-order valence-electron chi connectivity index (χ0n) is 15.3. The molecule has 0 spiro atoms. The maximum absolute atomic E-state index is 12.7.